The minimum atomic E-state index is -0.196. The van der Waals surface area contributed by atoms with Gasteiger partial charge < -0.3 is 14.6 Å². The smallest absolute Gasteiger partial charge is 0.258 e. The van der Waals surface area contributed by atoms with Gasteiger partial charge in [0.1, 0.15) is 12.1 Å². The number of hydrogen-bond donors (Lipinski definition) is 2. The van der Waals surface area contributed by atoms with Crippen LogP contribution >= 0.6 is 11.3 Å². The van der Waals surface area contributed by atoms with E-state index in [4.69, 9.17) is 9.72 Å². The molecule has 10 heteroatoms. The van der Waals surface area contributed by atoms with Crippen LogP contribution in [0.15, 0.2) is 41.9 Å². The minimum absolute atomic E-state index is 0.00403. The number of likely N-dealkylation sites (tertiary alicyclic amines) is 1. The summed E-state index contributed by atoms with van der Waals surface area (Å²) in [7, 11) is 0. The van der Waals surface area contributed by atoms with E-state index in [0.717, 1.165) is 60.9 Å². The summed E-state index contributed by atoms with van der Waals surface area (Å²) in [5.74, 6) is 1.00. The Morgan fingerprint density at radius 3 is 2.67 bits per heavy atom. The Morgan fingerprint density at radius 2 is 1.88 bits per heavy atom. The van der Waals surface area contributed by atoms with Crippen molar-refractivity contribution >= 4 is 50.2 Å². The van der Waals surface area contributed by atoms with Crippen molar-refractivity contribution in [1.82, 2.24) is 24.8 Å². The summed E-state index contributed by atoms with van der Waals surface area (Å²) >= 11 is 1.62. The number of benzene rings is 1. The van der Waals surface area contributed by atoms with E-state index in [9.17, 15) is 9.59 Å². The number of carbonyl (C=O) groups is 2. The molecule has 42 heavy (non-hydrogen) atoms. The molecular weight excluding hydrogens is 548 g/mol. The first-order chi connectivity index (χ1) is 20.4. The number of aromatic nitrogens is 3. The highest BCUT2D eigenvalue weighted by Crippen LogP contribution is 2.37. The van der Waals surface area contributed by atoms with Crippen molar-refractivity contribution < 1.29 is 14.3 Å². The molecule has 1 aliphatic heterocycles. The zero-order valence-electron chi connectivity index (χ0n) is 24.5. The quantitative estimate of drug-likeness (QED) is 0.248. The maximum Gasteiger partial charge on any atom is 0.258 e. The third-order valence-electron chi connectivity index (χ3n) is 8.46. The highest BCUT2D eigenvalue weighted by molar-refractivity contribution is 7.17. The molecule has 0 unspecified atom stereocenters. The molecule has 3 aromatic heterocycles. The molecule has 1 saturated heterocycles. The monoisotopic (exact) mass is 588 g/mol. The van der Waals surface area contributed by atoms with E-state index in [1.807, 2.05) is 43.5 Å². The van der Waals surface area contributed by atoms with E-state index in [2.05, 4.69) is 31.2 Å². The van der Waals surface area contributed by atoms with Crippen LogP contribution in [-0.4, -0.2) is 63.5 Å². The van der Waals surface area contributed by atoms with Gasteiger partial charge in [0, 0.05) is 40.9 Å². The maximum atomic E-state index is 13.4. The molecule has 2 aliphatic rings. The zero-order chi connectivity index (χ0) is 29.1. The largest absolute Gasteiger partial charge is 0.476 e. The van der Waals surface area contributed by atoms with Crippen LogP contribution in [0.2, 0.25) is 0 Å². The molecule has 0 spiro atoms. The molecule has 9 nitrogen and oxygen atoms in total. The van der Waals surface area contributed by atoms with E-state index < -0.39 is 0 Å². The van der Waals surface area contributed by atoms with Crippen LogP contribution in [0, 0.1) is 5.92 Å². The predicted molar refractivity (Wildman–Crippen MR) is 167 cm³/mol. The van der Waals surface area contributed by atoms with Crippen molar-refractivity contribution in [3.05, 3.63) is 47.5 Å². The van der Waals surface area contributed by atoms with Gasteiger partial charge in [0.2, 0.25) is 17.7 Å². The Bertz CT molecular complexity index is 1550. The van der Waals surface area contributed by atoms with Gasteiger partial charge in [0.15, 0.2) is 0 Å². The Hall–Kier alpha value is -3.50. The number of thiophene rings is 1. The Balaban J connectivity index is 1.24. The third-order valence-corrected chi connectivity index (χ3v) is 9.34. The molecule has 4 aromatic rings. The number of amides is 2. The summed E-state index contributed by atoms with van der Waals surface area (Å²) < 4.78 is 9.31. The number of nitrogens with one attached hydrogen (secondary N) is 2. The lowest BCUT2D eigenvalue weighted by Gasteiger charge is -2.30. The summed E-state index contributed by atoms with van der Waals surface area (Å²) in [6, 6.07) is 9.98. The third kappa shape index (κ3) is 6.44. The standard InChI is InChI=1S/C32H40N6O3S/c1-21(2)34-30(39)23-8-10-25(11-9-23)38-27-19-29(41-16-15-37-13-4-3-5-14-37)33-20-26(27)35-32(38)36-31(40)24-7-6-22-12-17-42-28(22)18-24/h6-7,12,17-21,23,25H,3-5,8-11,13-16H2,1-2H3,(H,34,39)(H,35,36,40). The molecule has 222 valence electrons. The lowest BCUT2D eigenvalue weighted by Crippen LogP contribution is -2.37. The van der Waals surface area contributed by atoms with Gasteiger partial charge in [-0.15, -0.1) is 11.3 Å². The second kappa shape index (κ2) is 12.8. The maximum absolute atomic E-state index is 13.4. The van der Waals surface area contributed by atoms with Crippen molar-refractivity contribution in [2.24, 2.45) is 5.92 Å². The first-order valence-corrected chi connectivity index (χ1v) is 16.1. The highest BCUT2D eigenvalue weighted by atomic mass is 32.1. The van der Waals surface area contributed by atoms with Crippen molar-refractivity contribution in [3.8, 4) is 5.88 Å². The Labute approximate surface area is 250 Å². The van der Waals surface area contributed by atoms with Crippen molar-refractivity contribution in [3.63, 3.8) is 0 Å². The molecule has 1 saturated carbocycles. The molecule has 2 fully saturated rings. The summed E-state index contributed by atoms with van der Waals surface area (Å²) in [4.78, 5) is 37.9. The number of anilines is 1. The summed E-state index contributed by atoms with van der Waals surface area (Å²) in [6.45, 7) is 7.71. The number of imidazole rings is 1. The number of ether oxygens (including phenoxy) is 1. The van der Waals surface area contributed by atoms with Gasteiger partial charge in [0.25, 0.3) is 5.91 Å². The van der Waals surface area contributed by atoms with Crippen LogP contribution in [0.5, 0.6) is 5.88 Å². The highest BCUT2D eigenvalue weighted by Gasteiger charge is 2.30. The summed E-state index contributed by atoms with van der Waals surface area (Å²) in [5, 5.41) is 9.32. The topological polar surface area (TPSA) is 101 Å². The number of carbonyl (C=O) groups excluding carboxylic acids is 2. The van der Waals surface area contributed by atoms with Crippen LogP contribution in [0.3, 0.4) is 0 Å². The van der Waals surface area contributed by atoms with Gasteiger partial charge in [-0.25, -0.2) is 9.97 Å². The zero-order valence-corrected chi connectivity index (χ0v) is 25.3. The van der Waals surface area contributed by atoms with Crippen molar-refractivity contribution in [1.29, 1.82) is 0 Å². The normalized spacial score (nSPS) is 19.8. The Kier molecular flexibility index (Phi) is 8.71. The van der Waals surface area contributed by atoms with Gasteiger partial charge in [-0.05, 0) is 94.4 Å². The lowest BCUT2D eigenvalue weighted by molar-refractivity contribution is -0.126. The molecule has 2 amide bonds. The van der Waals surface area contributed by atoms with Gasteiger partial charge in [-0.1, -0.05) is 12.5 Å². The average molecular weight is 589 g/mol. The number of piperidine rings is 1. The van der Waals surface area contributed by atoms with E-state index in [0.29, 0.717) is 29.5 Å². The number of pyridine rings is 1. The molecule has 0 atom stereocenters. The van der Waals surface area contributed by atoms with E-state index in [1.165, 1.54) is 19.3 Å². The van der Waals surface area contributed by atoms with E-state index in [-0.39, 0.29) is 29.8 Å². The molecule has 1 aliphatic carbocycles. The molecule has 1 aromatic carbocycles. The van der Waals surface area contributed by atoms with Crippen LogP contribution < -0.4 is 15.4 Å². The first-order valence-electron chi connectivity index (χ1n) is 15.3. The van der Waals surface area contributed by atoms with E-state index in [1.54, 1.807) is 17.5 Å². The van der Waals surface area contributed by atoms with Crippen LogP contribution in [0.1, 0.15) is 75.2 Å². The molecule has 6 rings (SSSR count). The summed E-state index contributed by atoms with van der Waals surface area (Å²) in [6.07, 6.45) is 8.76. The van der Waals surface area contributed by atoms with E-state index >= 15 is 0 Å². The van der Waals surface area contributed by atoms with Crippen LogP contribution in [0.4, 0.5) is 5.95 Å². The van der Waals surface area contributed by atoms with Gasteiger partial charge >= 0.3 is 0 Å². The molecule has 4 heterocycles. The number of nitrogens with zero attached hydrogens (tertiary/aromatic N) is 4. The number of fused-ring (bicyclic) bond motifs is 2. The summed E-state index contributed by atoms with van der Waals surface area (Å²) in [5.41, 5.74) is 2.19. The first kappa shape index (κ1) is 28.6. The fourth-order valence-electron chi connectivity index (χ4n) is 6.25. The van der Waals surface area contributed by atoms with Gasteiger partial charge in [-0.2, -0.15) is 0 Å². The lowest BCUT2D eigenvalue weighted by atomic mass is 9.85. The molecule has 0 bridgehead atoms. The second-order valence-corrected chi connectivity index (χ2v) is 12.8. The number of hydrogen-bond acceptors (Lipinski definition) is 7. The van der Waals surface area contributed by atoms with Crippen LogP contribution in [-0.2, 0) is 4.79 Å². The average Bonchev–Trinajstić information content (AvgIpc) is 3.61. The molecule has 0 radical (unpaired) electrons. The molecule has 2 N–H and O–H groups in total. The van der Waals surface area contributed by atoms with Crippen LogP contribution in [0.25, 0.3) is 21.1 Å². The van der Waals surface area contributed by atoms with Gasteiger partial charge in [0.05, 0.1) is 11.7 Å². The van der Waals surface area contributed by atoms with Gasteiger partial charge in [-0.3, -0.25) is 19.8 Å². The number of rotatable bonds is 9. The Morgan fingerprint density at radius 1 is 1.07 bits per heavy atom. The molecular formula is C32H40N6O3S. The minimum Gasteiger partial charge on any atom is -0.476 e. The van der Waals surface area contributed by atoms with Crippen molar-refractivity contribution in [2.75, 3.05) is 31.6 Å². The SMILES string of the molecule is CC(C)NC(=O)C1CCC(n2c(NC(=O)c3ccc4ccsc4c3)nc3cnc(OCCN4CCCCC4)cc32)CC1. The fourth-order valence-corrected chi connectivity index (χ4v) is 7.08. The van der Waals surface area contributed by atoms with Crippen molar-refractivity contribution in [2.45, 2.75) is 70.9 Å². The predicted octanol–water partition coefficient (Wildman–Crippen LogP) is 6.02. The second-order valence-electron chi connectivity index (χ2n) is 11.9. The fraction of sp³-hybridized carbons (Fsp3) is 0.500.